The summed E-state index contributed by atoms with van der Waals surface area (Å²) < 4.78 is 48.9. The summed E-state index contributed by atoms with van der Waals surface area (Å²) in [6.45, 7) is 8.58. The summed E-state index contributed by atoms with van der Waals surface area (Å²) in [6.07, 6.45) is 1.37. The summed E-state index contributed by atoms with van der Waals surface area (Å²) in [5.74, 6) is 0. The second-order valence-electron chi connectivity index (χ2n) is 34.9. The van der Waals surface area contributed by atoms with Crippen molar-refractivity contribution in [3.8, 4) is 11.4 Å². The van der Waals surface area contributed by atoms with Crippen LogP contribution in [0.4, 0.5) is 34.1 Å². The number of rotatable bonds is 11. The highest BCUT2D eigenvalue weighted by Gasteiger charge is 2.32. The fraction of sp³-hybridized carbons (Fsp3) is 0.0508. The van der Waals surface area contributed by atoms with Crippen LogP contribution in [0.3, 0.4) is 0 Å². The zero-order chi connectivity index (χ0) is 84.2. The molecule has 602 valence electrons. The Morgan fingerprint density at radius 2 is 0.492 bits per heavy atom. The highest BCUT2D eigenvalue weighted by Crippen LogP contribution is 2.55. The third-order valence-corrected chi connectivity index (χ3v) is 27.7. The second-order valence-corrected chi connectivity index (χ2v) is 34.9. The summed E-state index contributed by atoms with van der Waals surface area (Å²) in [5.41, 5.74) is 28.9. The Morgan fingerprint density at radius 1 is 0.195 bits per heavy atom. The normalized spacial score (nSPS) is 12.4. The zero-order valence-corrected chi connectivity index (χ0v) is 70.1. The number of anilines is 6. The summed E-state index contributed by atoms with van der Waals surface area (Å²) in [6, 6.07) is 128. The van der Waals surface area contributed by atoms with Crippen molar-refractivity contribution >= 4 is 252 Å². The Balaban J connectivity index is 0.590. The number of pyridine rings is 2. The maximum absolute atomic E-state index is 7.58. The van der Waals surface area contributed by atoms with Gasteiger partial charge in [-0.2, -0.15) is 0 Å². The Labute approximate surface area is 730 Å². The van der Waals surface area contributed by atoms with Gasteiger partial charge in [0, 0.05) is 130 Å². The van der Waals surface area contributed by atoms with Crippen LogP contribution in [-0.2, 0) is 12.8 Å². The molecular formula is C118H74N4O6. The number of hydrogen-bond acceptors (Lipinski definition) is 8. The van der Waals surface area contributed by atoms with Gasteiger partial charge in [0.1, 0.15) is 44.7 Å². The largest absolute Gasteiger partial charge is 0.455 e. The number of fused-ring (bicyclic) bond motifs is 28. The molecule has 0 bridgehead atoms. The maximum atomic E-state index is 7.58. The summed E-state index contributed by atoms with van der Waals surface area (Å²) in [4.78, 5) is 4.80. The fourth-order valence-electron chi connectivity index (χ4n) is 22.1. The van der Waals surface area contributed by atoms with Crippen molar-refractivity contribution in [1.82, 2.24) is 9.13 Å². The molecule has 0 saturated carbocycles. The van der Waals surface area contributed by atoms with Crippen LogP contribution in [0.2, 0.25) is 0 Å². The van der Waals surface area contributed by atoms with Gasteiger partial charge in [-0.1, -0.05) is 267 Å². The van der Waals surface area contributed by atoms with Gasteiger partial charge in [-0.25, -0.2) is 0 Å². The van der Waals surface area contributed by atoms with Crippen molar-refractivity contribution in [2.24, 2.45) is 0 Å². The summed E-state index contributed by atoms with van der Waals surface area (Å²) in [7, 11) is 0. The third kappa shape index (κ3) is 9.91. The van der Waals surface area contributed by atoms with E-state index in [1.54, 1.807) is 0 Å². The lowest BCUT2D eigenvalue weighted by Crippen LogP contribution is -2.11. The quantitative estimate of drug-likeness (QED) is 0.0934. The maximum Gasteiger partial charge on any atom is 0.159 e. The third-order valence-electron chi connectivity index (χ3n) is 27.7. The Kier molecular flexibility index (Phi) is 14.7. The summed E-state index contributed by atoms with van der Waals surface area (Å²) in [5, 5.41) is 25.6. The van der Waals surface area contributed by atoms with E-state index in [0.717, 1.165) is 297 Å². The molecule has 8 aromatic heterocycles. The average Bonchev–Trinajstić information content (AvgIpc) is 1.43. The molecule has 0 radical (unpaired) electrons. The first-order chi connectivity index (χ1) is 63.2. The van der Waals surface area contributed by atoms with Crippen molar-refractivity contribution in [2.45, 2.75) is 40.5 Å². The predicted molar refractivity (Wildman–Crippen MR) is 531 cm³/mol. The van der Waals surface area contributed by atoms with Gasteiger partial charge >= 0.3 is 0 Å². The first-order valence-corrected chi connectivity index (χ1v) is 44.0. The van der Waals surface area contributed by atoms with E-state index < -0.39 is 0 Å². The molecule has 8 heterocycles. The lowest BCUT2D eigenvalue weighted by molar-refractivity contribution is 0.655. The standard InChI is InChI=1S/C118H74N4O6/c1-65-25-13-31-71(59-65)119(97-53-21-45-85-81-41-15-27-67(3)107(81)123-115(85)97)101-61-91-92-62-102(76-36-6-8-38-80(76)112(92)127-111(91)79-37-7-5-35-75(79)101)120(72-32-14-26-66(2)60-72)98-54-22-47-87-83-43-17-29-69(109(83)125-116(87)98)57-58-70-30-18-44-84-88-48-24-56-100(118(88)126-110(70)84)122-96-52-12-10-34-74(96)78-40-20-50-90-106(78)104(122)64-94-93-63-103-105-77(39-19-49-89(105)113(93)128-114(90)94)73-33-9-11-51-95(73)121(103)99-55-23-46-86-82-42-16-28-68(4)108(82)124-117(86)99/h5-56,59-64H,57-58H2,1-4H3. The predicted octanol–water partition coefficient (Wildman–Crippen LogP) is 33.8. The topological polar surface area (TPSA) is 95.2 Å². The molecule has 28 rings (SSSR count). The lowest BCUT2D eigenvalue weighted by Gasteiger charge is -2.28. The number of hydrogen-bond donors (Lipinski definition) is 0. The molecule has 0 aliphatic rings. The molecule has 28 aromatic rings. The molecule has 0 atom stereocenters. The van der Waals surface area contributed by atoms with Gasteiger partial charge in [0.15, 0.2) is 22.3 Å². The van der Waals surface area contributed by atoms with Crippen molar-refractivity contribution in [3.63, 3.8) is 0 Å². The van der Waals surface area contributed by atoms with Gasteiger partial charge in [0.2, 0.25) is 0 Å². The summed E-state index contributed by atoms with van der Waals surface area (Å²) >= 11 is 0. The van der Waals surface area contributed by atoms with Gasteiger partial charge in [0.25, 0.3) is 0 Å². The molecule has 0 aliphatic heterocycles. The number of aryl methyl sites for hydroxylation is 6. The SMILES string of the molecule is Cc1cccc(N(c2cc3c4cc(N(c5cccc(C)c5)c5cccc6c5oc5c(CCc7cccc8c7oc7c(-n9c%10ccccc%10c%10cccc%11c%12oc%13c(cc%14c%15c(cccc%13%15)c%13ccccc%13n%14-c%13cccc%14c%13oc%13c(C)cccc%13%14)c%12cc9c%10%11)cccc78)cccc56)c5ccccc5c4oc3c3ccccc23)c2cccc3c2oc2c(C)cccc23)c1. The molecule has 0 aliphatic carbocycles. The Bertz CT molecular complexity index is 9770. The van der Waals surface area contributed by atoms with Gasteiger partial charge in [-0.15, -0.1) is 0 Å². The number of para-hydroxylation sites is 10. The van der Waals surface area contributed by atoms with E-state index in [4.69, 9.17) is 26.5 Å². The number of aromatic nitrogens is 2. The molecule has 10 heteroatoms. The van der Waals surface area contributed by atoms with Crippen LogP contribution >= 0.6 is 0 Å². The second kappa shape index (κ2) is 26.5. The number of furan rings is 6. The van der Waals surface area contributed by atoms with E-state index in [2.05, 4.69) is 398 Å². The van der Waals surface area contributed by atoms with Crippen molar-refractivity contribution in [2.75, 3.05) is 9.80 Å². The van der Waals surface area contributed by atoms with Gasteiger partial charge in [0.05, 0.1) is 56.2 Å². The lowest BCUT2D eigenvalue weighted by atomic mass is 9.95. The van der Waals surface area contributed by atoms with Crippen LogP contribution in [0.25, 0.3) is 230 Å². The number of benzene rings is 20. The van der Waals surface area contributed by atoms with E-state index in [1.165, 1.54) is 0 Å². The first kappa shape index (κ1) is 70.9. The minimum atomic E-state index is 0.682. The Morgan fingerprint density at radius 3 is 0.945 bits per heavy atom. The highest BCUT2D eigenvalue weighted by molar-refractivity contribution is 6.34. The molecule has 0 saturated heterocycles. The van der Waals surface area contributed by atoms with Crippen LogP contribution in [0.1, 0.15) is 33.4 Å². The van der Waals surface area contributed by atoms with Gasteiger partial charge in [-0.05, 0) is 170 Å². The average molecular weight is 1640 g/mol. The molecule has 10 nitrogen and oxygen atoms in total. The molecule has 0 N–H and O–H groups in total. The van der Waals surface area contributed by atoms with Crippen LogP contribution in [0.5, 0.6) is 0 Å². The molecular weight excluding hydrogens is 1570 g/mol. The molecule has 0 spiro atoms. The van der Waals surface area contributed by atoms with Crippen LogP contribution in [0, 0.1) is 27.7 Å². The van der Waals surface area contributed by atoms with E-state index >= 15 is 0 Å². The highest BCUT2D eigenvalue weighted by atomic mass is 16.4. The van der Waals surface area contributed by atoms with Gasteiger partial charge in [-0.3, -0.25) is 0 Å². The zero-order valence-electron chi connectivity index (χ0n) is 70.1. The molecule has 20 aromatic carbocycles. The van der Waals surface area contributed by atoms with Crippen LogP contribution in [0.15, 0.2) is 378 Å². The fourth-order valence-corrected chi connectivity index (χ4v) is 22.1. The van der Waals surface area contributed by atoms with E-state index in [-0.39, 0.29) is 0 Å². The van der Waals surface area contributed by atoms with Crippen molar-refractivity contribution in [3.05, 3.63) is 385 Å². The number of nitrogens with zero attached hydrogens (tertiary/aromatic N) is 4. The minimum absolute atomic E-state index is 0.682. The van der Waals surface area contributed by atoms with Crippen molar-refractivity contribution < 1.29 is 26.5 Å². The van der Waals surface area contributed by atoms with E-state index in [9.17, 15) is 0 Å². The monoisotopic (exact) mass is 1640 g/mol. The van der Waals surface area contributed by atoms with Crippen LogP contribution < -0.4 is 9.80 Å². The van der Waals surface area contributed by atoms with Gasteiger partial charge < -0.3 is 45.4 Å². The molecule has 0 unspecified atom stereocenters. The first-order valence-electron chi connectivity index (χ1n) is 44.0. The molecule has 128 heavy (non-hydrogen) atoms. The smallest absolute Gasteiger partial charge is 0.159 e. The van der Waals surface area contributed by atoms with Crippen molar-refractivity contribution in [1.29, 1.82) is 0 Å². The van der Waals surface area contributed by atoms with E-state index in [0.29, 0.717) is 12.8 Å². The minimum Gasteiger partial charge on any atom is -0.455 e. The Hall–Kier alpha value is -16.6. The van der Waals surface area contributed by atoms with E-state index in [1.807, 2.05) is 0 Å². The van der Waals surface area contributed by atoms with Crippen LogP contribution in [-0.4, -0.2) is 9.13 Å². The molecule has 0 fully saturated rings. The molecule has 0 amide bonds.